The van der Waals surface area contributed by atoms with Crippen LogP contribution in [0.25, 0.3) is 0 Å². The molecular formula is C12H20N2O3. The van der Waals surface area contributed by atoms with Gasteiger partial charge in [0, 0.05) is 6.61 Å². The Balaban J connectivity index is 2.33. The number of amides is 1. The molecule has 1 rings (SSSR count). The van der Waals surface area contributed by atoms with Crippen molar-refractivity contribution in [1.82, 2.24) is 5.43 Å². The van der Waals surface area contributed by atoms with Crippen molar-refractivity contribution >= 4 is 5.91 Å². The summed E-state index contributed by atoms with van der Waals surface area (Å²) in [4.78, 5) is 11.2. The number of furan rings is 1. The summed E-state index contributed by atoms with van der Waals surface area (Å²) in [6.07, 6.45) is 2.34. The van der Waals surface area contributed by atoms with Crippen LogP contribution in [0.1, 0.15) is 43.3 Å². The van der Waals surface area contributed by atoms with E-state index >= 15 is 0 Å². The molecule has 0 saturated carbocycles. The maximum Gasteiger partial charge on any atom is 0.268 e. The van der Waals surface area contributed by atoms with Gasteiger partial charge in [0.1, 0.15) is 18.6 Å². The van der Waals surface area contributed by atoms with Crippen LogP contribution in [0.5, 0.6) is 0 Å². The minimum Gasteiger partial charge on any atom is -0.466 e. The van der Waals surface area contributed by atoms with Crippen molar-refractivity contribution < 1.29 is 13.9 Å². The Bertz CT molecular complexity index is 366. The van der Waals surface area contributed by atoms with E-state index in [2.05, 4.69) is 20.8 Å². The van der Waals surface area contributed by atoms with Gasteiger partial charge in [-0.2, -0.15) is 0 Å². The first-order chi connectivity index (χ1) is 7.92. The highest BCUT2D eigenvalue weighted by molar-refractivity contribution is 5.93. The van der Waals surface area contributed by atoms with E-state index < -0.39 is 0 Å². The van der Waals surface area contributed by atoms with Crippen molar-refractivity contribution in [2.45, 2.75) is 33.8 Å². The van der Waals surface area contributed by atoms with E-state index in [1.165, 1.54) is 6.26 Å². The molecule has 0 radical (unpaired) electrons. The van der Waals surface area contributed by atoms with Gasteiger partial charge in [0.05, 0.1) is 5.56 Å². The standard InChI is InChI=1S/C12H20N2O3/c1-12(2,3)4-5-16-8-10-6-9(7-17-10)11(15)14-13/h6-7H,4-5,8,13H2,1-3H3,(H,14,15). The van der Waals surface area contributed by atoms with Crippen LogP contribution < -0.4 is 11.3 Å². The molecule has 0 spiro atoms. The third kappa shape index (κ3) is 5.01. The fourth-order valence-electron chi connectivity index (χ4n) is 1.21. The zero-order chi connectivity index (χ0) is 12.9. The number of nitrogens with two attached hydrogens (primary N) is 1. The number of hydrogen-bond donors (Lipinski definition) is 2. The van der Waals surface area contributed by atoms with Crippen LogP contribution in [-0.2, 0) is 11.3 Å². The predicted molar refractivity (Wildman–Crippen MR) is 64.1 cm³/mol. The molecule has 0 fully saturated rings. The number of nitrogen functional groups attached to an aromatic ring is 1. The third-order valence-electron chi connectivity index (χ3n) is 2.29. The van der Waals surface area contributed by atoms with Gasteiger partial charge >= 0.3 is 0 Å². The summed E-state index contributed by atoms with van der Waals surface area (Å²) in [5, 5.41) is 0. The zero-order valence-corrected chi connectivity index (χ0v) is 10.6. The summed E-state index contributed by atoms with van der Waals surface area (Å²) < 4.78 is 10.6. The lowest BCUT2D eigenvalue weighted by atomic mass is 9.93. The fraction of sp³-hybridized carbons (Fsp3) is 0.583. The minimum absolute atomic E-state index is 0.258. The van der Waals surface area contributed by atoms with Crippen molar-refractivity contribution in [3.05, 3.63) is 23.7 Å². The Morgan fingerprint density at radius 1 is 1.53 bits per heavy atom. The van der Waals surface area contributed by atoms with Gasteiger partial charge in [-0.1, -0.05) is 20.8 Å². The molecule has 3 N–H and O–H groups in total. The Kier molecular flexibility index (Phi) is 4.72. The number of ether oxygens (including phenoxy) is 1. The van der Waals surface area contributed by atoms with E-state index in [9.17, 15) is 4.79 Å². The maximum atomic E-state index is 11.2. The van der Waals surface area contributed by atoms with Gasteiger partial charge in [0.15, 0.2) is 0 Å². The number of hydrazine groups is 1. The van der Waals surface area contributed by atoms with Crippen LogP contribution >= 0.6 is 0 Å². The molecule has 0 bridgehead atoms. The molecule has 1 aromatic heterocycles. The molecule has 17 heavy (non-hydrogen) atoms. The van der Waals surface area contributed by atoms with Crippen molar-refractivity contribution in [2.75, 3.05) is 6.61 Å². The third-order valence-corrected chi connectivity index (χ3v) is 2.29. The first-order valence-corrected chi connectivity index (χ1v) is 5.58. The van der Waals surface area contributed by atoms with Crippen molar-refractivity contribution in [3.63, 3.8) is 0 Å². The Morgan fingerprint density at radius 3 is 2.82 bits per heavy atom. The number of nitrogens with one attached hydrogen (secondary N) is 1. The van der Waals surface area contributed by atoms with Gasteiger partial charge in [-0.25, -0.2) is 5.84 Å². The van der Waals surface area contributed by atoms with Gasteiger partial charge in [-0.05, 0) is 17.9 Å². The molecule has 1 aromatic rings. The second-order valence-electron chi connectivity index (χ2n) is 5.14. The summed E-state index contributed by atoms with van der Waals surface area (Å²) in [5.74, 6) is 5.27. The molecule has 0 aliphatic rings. The molecule has 5 heteroatoms. The second-order valence-corrected chi connectivity index (χ2v) is 5.14. The van der Waals surface area contributed by atoms with Gasteiger partial charge < -0.3 is 9.15 Å². The van der Waals surface area contributed by atoms with Crippen molar-refractivity contribution in [3.8, 4) is 0 Å². The average Bonchev–Trinajstić information content (AvgIpc) is 2.70. The van der Waals surface area contributed by atoms with E-state index in [0.29, 0.717) is 24.5 Å². The number of hydrogen-bond acceptors (Lipinski definition) is 4. The van der Waals surface area contributed by atoms with Gasteiger partial charge in [-0.15, -0.1) is 0 Å². The summed E-state index contributed by atoms with van der Waals surface area (Å²) in [5.41, 5.74) is 2.70. The highest BCUT2D eigenvalue weighted by Crippen LogP contribution is 2.18. The highest BCUT2D eigenvalue weighted by Gasteiger charge is 2.11. The summed E-state index contributed by atoms with van der Waals surface area (Å²) in [6.45, 7) is 7.52. The molecule has 1 heterocycles. The van der Waals surface area contributed by atoms with Crippen LogP contribution in [-0.4, -0.2) is 12.5 Å². The minimum atomic E-state index is -0.366. The van der Waals surface area contributed by atoms with Gasteiger partial charge in [0.2, 0.25) is 0 Å². The van der Waals surface area contributed by atoms with Gasteiger partial charge in [0.25, 0.3) is 5.91 Å². The molecule has 0 aromatic carbocycles. The first-order valence-electron chi connectivity index (χ1n) is 5.58. The maximum absolute atomic E-state index is 11.2. The van der Waals surface area contributed by atoms with E-state index in [-0.39, 0.29) is 11.3 Å². The van der Waals surface area contributed by atoms with Crippen LogP contribution in [0.3, 0.4) is 0 Å². The van der Waals surface area contributed by atoms with Crippen molar-refractivity contribution in [2.24, 2.45) is 11.3 Å². The fourth-order valence-corrected chi connectivity index (χ4v) is 1.21. The lowest BCUT2D eigenvalue weighted by Gasteiger charge is -2.17. The number of carbonyl (C=O) groups excluding carboxylic acids is 1. The predicted octanol–water partition coefficient (Wildman–Crippen LogP) is 1.84. The molecular weight excluding hydrogens is 220 g/mol. The molecule has 0 saturated heterocycles. The largest absolute Gasteiger partial charge is 0.466 e. The smallest absolute Gasteiger partial charge is 0.268 e. The summed E-state index contributed by atoms with van der Waals surface area (Å²) >= 11 is 0. The Morgan fingerprint density at radius 2 is 2.24 bits per heavy atom. The molecule has 0 aliphatic carbocycles. The quantitative estimate of drug-likeness (QED) is 0.356. The Labute approximate surface area is 101 Å². The van der Waals surface area contributed by atoms with Crippen molar-refractivity contribution in [1.29, 1.82) is 0 Å². The zero-order valence-electron chi connectivity index (χ0n) is 10.6. The summed E-state index contributed by atoms with van der Waals surface area (Å²) in [6, 6.07) is 1.62. The first kappa shape index (κ1) is 13.7. The average molecular weight is 240 g/mol. The summed E-state index contributed by atoms with van der Waals surface area (Å²) in [7, 11) is 0. The van der Waals surface area contributed by atoms with Crippen LogP contribution in [0.4, 0.5) is 0 Å². The topological polar surface area (TPSA) is 77.5 Å². The molecule has 0 unspecified atom stereocenters. The van der Waals surface area contributed by atoms with Gasteiger partial charge in [-0.3, -0.25) is 10.2 Å². The molecule has 96 valence electrons. The highest BCUT2D eigenvalue weighted by atomic mass is 16.5. The number of carbonyl (C=O) groups is 1. The van der Waals surface area contributed by atoms with E-state index in [1.807, 2.05) is 5.43 Å². The van der Waals surface area contributed by atoms with E-state index in [4.69, 9.17) is 15.0 Å². The van der Waals surface area contributed by atoms with Crippen LogP contribution in [0, 0.1) is 5.41 Å². The molecule has 1 amide bonds. The van der Waals surface area contributed by atoms with E-state index in [0.717, 1.165) is 6.42 Å². The van der Waals surface area contributed by atoms with Crippen LogP contribution in [0.2, 0.25) is 0 Å². The molecule has 5 nitrogen and oxygen atoms in total. The van der Waals surface area contributed by atoms with E-state index in [1.54, 1.807) is 6.07 Å². The normalized spacial score (nSPS) is 11.5. The Hall–Kier alpha value is -1.33. The number of rotatable bonds is 5. The lowest BCUT2D eigenvalue weighted by Crippen LogP contribution is -2.29. The molecule has 0 aliphatic heterocycles. The van der Waals surface area contributed by atoms with Crippen LogP contribution in [0.15, 0.2) is 16.7 Å². The lowest BCUT2D eigenvalue weighted by molar-refractivity contribution is 0.0844. The monoisotopic (exact) mass is 240 g/mol. The SMILES string of the molecule is CC(C)(C)CCOCc1cc(C(=O)NN)co1. The second kappa shape index (κ2) is 5.84. The molecule has 0 atom stereocenters.